The molecule has 0 bridgehead atoms. The van der Waals surface area contributed by atoms with Crippen LogP contribution in [0.15, 0.2) is 77.7 Å². The van der Waals surface area contributed by atoms with E-state index in [-0.39, 0.29) is 26.7 Å². The van der Waals surface area contributed by atoms with E-state index in [0.29, 0.717) is 5.69 Å². The Morgan fingerprint density at radius 2 is 1.63 bits per heavy atom. The highest BCUT2D eigenvalue weighted by Gasteiger charge is 2.18. The lowest BCUT2D eigenvalue weighted by Gasteiger charge is -2.11. The predicted molar refractivity (Wildman–Crippen MR) is 114 cm³/mol. The van der Waals surface area contributed by atoms with Crippen LogP contribution in [-0.2, 0) is 14.8 Å². The molecule has 0 aromatic heterocycles. The number of sulfonamides is 1. The summed E-state index contributed by atoms with van der Waals surface area (Å²) in [6.45, 7) is 0. The number of halogens is 1. The molecule has 7 nitrogen and oxygen atoms in total. The van der Waals surface area contributed by atoms with E-state index in [1.54, 1.807) is 30.3 Å². The van der Waals surface area contributed by atoms with E-state index in [1.807, 2.05) is 0 Å². The summed E-state index contributed by atoms with van der Waals surface area (Å²) in [5.41, 5.74) is 0.907. The largest absolute Gasteiger partial charge is 0.465 e. The van der Waals surface area contributed by atoms with Crippen LogP contribution in [0.25, 0.3) is 0 Å². The number of benzene rings is 3. The van der Waals surface area contributed by atoms with E-state index in [0.717, 1.165) is 0 Å². The third-order valence-corrected chi connectivity index (χ3v) is 5.78. The minimum Gasteiger partial charge on any atom is -0.465 e. The molecular formula is C21H17ClN2O5S. The van der Waals surface area contributed by atoms with Crippen LogP contribution in [0.5, 0.6) is 0 Å². The summed E-state index contributed by atoms with van der Waals surface area (Å²) in [6.07, 6.45) is 0. The van der Waals surface area contributed by atoms with Gasteiger partial charge >= 0.3 is 5.97 Å². The molecule has 3 aromatic carbocycles. The molecule has 0 saturated heterocycles. The topological polar surface area (TPSA) is 102 Å². The zero-order valence-corrected chi connectivity index (χ0v) is 17.3. The van der Waals surface area contributed by atoms with Crippen LogP contribution in [0.3, 0.4) is 0 Å². The molecule has 0 heterocycles. The maximum absolute atomic E-state index is 12.7. The third kappa shape index (κ3) is 4.97. The van der Waals surface area contributed by atoms with E-state index >= 15 is 0 Å². The molecule has 0 spiro atoms. The van der Waals surface area contributed by atoms with E-state index < -0.39 is 21.9 Å². The molecule has 0 atom stereocenters. The summed E-state index contributed by atoms with van der Waals surface area (Å²) < 4.78 is 32.4. The summed E-state index contributed by atoms with van der Waals surface area (Å²) in [5, 5.41) is 2.79. The van der Waals surface area contributed by atoms with Crippen molar-refractivity contribution in [1.29, 1.82) is 0 Å². The lowest BCUT2D eigenvalue weighted by atomic mass is 10.1. The molecule has 0 unspecified atom stereocenters. The Morgan fingerprint density at radius 3 is 2.33 bits per heavy atom. The molecule has 0 saturated carbocycles. The molecule has 0 aliphatic heterocycles. The number of methoxy groups -OCH3 is 1. The van der Waals surface area contributed by atoms with Gasteiger partial charge in [0.15, 0.2) is 0 Å². The zero-order valence-electron chi connectivity index (χ0n) is 15.8. The van der Waals surface area contributed by atoms with Gasteiger partial charge in [-0.3, -0.25) is 9.52 Å². The molecule has 2 N–H and O–H groups in total. The molecule has 3 rings (SSSR count). The summed E-state index contributed by atoms with van der Waals surface area (Å²) >= 11 is 6.10. The monoisotopic (exact) mass is 444 g/mol. The smallest absolute Gasteiger partial charge is 0.337 e. The van der Waals surface area contributed by atoms with E-state index in [4.69, 9.17) is 11.6 Å². The highest BCUT2D eigenvalue weighted by molar-refractivity contribution is 7.92. The Labute approximate surface area is 178 Å². The van der Waals surface area contributed by atoms with Gasteiger partial charge in [-0.05, 0) is 48.5 Å². The van der Waals surface area contributed by atoms with Crippen LogP contribution >= 0.6 is 11.6 Å². The van der Waals surface area contributed by atoms with Gasteiger partial charge < -0.3 is 10.1 Å². The van der Waals surface area contributed by atoms with Crippen molar-refractivity contribution < 1.29 is 22.7 Å². The first kappa shape index (κ1) is 21.4. The summed E-state index contributed by atoms with van der Waals surface area (Å²) in [5.74, 6) is -1.17. The maximum atomic E-state index is 12.7. The fraction of sp³-hybridized carbons (Fsp3) is 0.0476. The van der Waals surface area contributed by atoms with Gasteiger partial charge in [-0.25, -0.2) is 13.2 Å². The SMILES string of the molecule is COC(=O)c1ccc(Cl)c(NC(=O)c2cccc(S(=O)(=O)Nc3ccccc3)c2)c1. The van der Waals surface area contributed by atoms with Crippen molar-refractivity contribution >= 4 is 44.9 Å². The predicted octanol–water partition coefficient (Wildman–Crippen LogP) is 4.18. The first-order valence-corrected chi connectivity index (χ1v) is 10.5. The lowest BCUT2D eigenvalue weighted by molar-refractivity contribution is 0.0600. The number of carbonyl (C=O) groups is 2. The highest BCUT2D eigenvalue weighted by Crippen LogP contribution is 2.25. The molecular weight excluding hydrogens is 428 g/mol. The van der Waals surface area contributed by atoms with Crippen molar-refractivity contribution in [2.45, 2.75) is 4.90 Å². The Morgan fingerprint density at radius 1 is 0.900 bits per heavy atom. The standard InChI is InChI=1S/C21H17ClN2O5S/c1-29-21(26)15-10-11-18(22)19(13-15)23-20(25)14-6-5-9-17(12-14)30(27,28)24-16-7-3-2-4-8-16/h2-13,24H,1H3,(H,23,25). The quantitative estimate of drug-likeness (QED) is 0.555. The van der Waals surface area contributed by atoms with Crippen molar-refractivity contribution in [1.82, 2.24) is 0 Å². The van der Waals surface area contributed by atoms with Gasteiger partial charge in [0.25, 0.3) is 15.9 Å². The van der Waals surface area contributed by atoms with E-state index in [1.165, 1.54) is 49.6 Å². The number of ether oxygens (including phenoxy) is 1. The number of esters is 1. The molecule has 0 aliphatic rings. The number of anilines is 2. The second-order valence-electron chi connectivity index (χ2n) is 6.14. The summed E-state index contributed by atoms with van der Waals surface area (Å²) in [6, 6.07) is 18.3. The fourth-order valence-corrected chi connectivity index (χ4v) is 3.85. The van der Waals surface area contributed by atoms with Crippen LogP contribution < -0.4 is 10.0 Å². The minimum atomic E-state index is -3.89. The van der Waals surface area contributed by atoms with Gasteiger partial charge in [-0.2, -0.15) is 0 Å². The molecule has 3 aromatic rings. The van der Waals surface area contributed by atoms with Crippen molar-refractivity contribution in [3.05, 3.63) is 88.9 Å². The van der Waals surface area contributed by atoms with Gasteiger partial charge in [-0.15, -0.1) is 0 Å². The first-order chi connectivity index (χ1) is 14.3. The maximum Gasteiger partial charge on any atom is 0.337 e. The van der Waals surface area contributed by atoms with Crippen LogP contribution in [0.1, 0.15) is 20.7 Å². The second kappa shape index (κ2) is 8.98. The van der Waals surface area contributed by atoms with Gasteiger partial charge in [0, 0.05) is 11.3 Å². The molecule has 0 radical (unpaired) electrons. The van der Waals surface area contributed by atoms with Crippen molar-refractivity contribution in [2.24, 2.45) is 0 Å². The number of rotatable bonds is 6. The highest BCUT2D eigenvalue weighted by atomic mass is 35.5. The zero-order chi connectivity index (χ0) is 21.7. The lowest BCUT2D eigenvalue weighted by Crippen LogP contribution is -2.16. The van der Waals surface area contributed by atoms with Gasteiger partial charge in [-0.1, -0.05) is 35.9 Å². The van der Waals surface area contributed by atoms with Crippen molar-refractivity contribution in [2.75, 3.05) is 17.1 Å². The number of amides is 1. The second-order valence-corrected chi connectivity index (χ2v) is 8.23. The summed E-state index contributed by atoms with van der Waals surface area (Å²) in [4.78, 5) is 24.3. The molecule has 0 fully saturated rings. The third-order valence-electron chi connectivity index (χ3n) is 4.07. The van der Waals surface area contributed by atoms with Gasteiger partial charge in [0.1, 0.15) is 0 Å². The number of para-hydroxylation sites is 1. The van der Waals surface area contributed by atoms with Crippen molar-refractivity contribution in [3.63, 3.8) is 0 Å². The number of nitrogens with one attached hydrogen (secondary N) is 2. The van der Waals surface area contributed by atoms with Gasteiger partial charge in [0.05, 0.1) is 28.3 Å². The average Bonchev–Trinajstić information content (AvgIpc) is 2.75. The molecule has 30 heavy (non-hydrogen) atoms. The van der Waals surface area contributed by atoms with E-state index in [9.17, 15) is 18.0 Å². The first-order valence-electron chi connectivity index (χ1n) is 8.67. The van der Waals surface area contributed by atoms with Crippen LogP contribution in [-0.4, -0.2) is 27.4 Å². The number of hydrogen-bond donors (Lipinski definition) is 2. The molecule has 9 heteroatoms. The van der Waals surface area contributed by atoms with Crippen LogP contribution in [0.2, 0.25) is 5.02 Å². The number of carbonyl (C=O) groups excluding carboxylic acids is 2. The fourth-order valence-electron chi connectivity index (χ4n) is 2.59. The summed E-state index contributed by atoms with van der Waals surface area (Å²) in [7, 11) is -2.65. The van der Waals surface area contributed by atoms with Gasteiger partial charge in [0.2, 0.25) is 0 Å². The molecule has 1 amide bonds. The Balaban J connectivity index is 1.84. The Bertz CT molecular complexity index is 1200. The molecule has 154 valence electrons. The number of hydrogen-bond acceptors (Lipinski definition) is 5. The molecule has 0 aliphatic carbocycles. The normalized spacial score (nSPS) is 10.9. The van der Waals surface area contributed by atoms with Crippen LogP contribution in [0.4, 0.5) is 11.4 Å². The van der Waals surface area contributed by atoms with Crippen molar-refractivity contribution in [3.8, 4) is 0 Å². The minimum absolute atomic E-state index is 0.0755. The average molecular weight is 445 g/mol. The van der Waals surface area contributed by atoms with E-state index in [2.05, 4.69) is 14.8 Å². The Hall–Kier alpha value is -3.36. The van der Waals surface area contributed by atoms with Crippen LogP contribution in [0, 0.1) is 0 Å². The Kier molecular flexibility index (Phi) is 6.39.